The first kappa shape index (κ1) is 12.1. The van der Waals surface area contributed by atoms with Crippen LogP contribution in [-0.4, -0.2) is 27.1 Å². The van der Waals surface area contributed by atoms with Gasteiger partial charge in [0.25, 0.3) is 0 Å². The van der Waals surface area contributed by atoms with Gasteiger partial charge in [0.1, 0.15) is 5.84 Å². The Bertz CT molecular complexity index is 520. The van der Waals surface area contributed by atoms with Crippen LogP contribution in [0, 0.1) is 5.41 Å². The van der Waals surface area contributed by atoms with Crippen LogP contribution in [0.4, 0.5) is 5.69 Å². The molecule has 0 amide bonds. The lowest BCUT2D eigenvalue weighted by Gasteiger charge is -2.29. The van der Waals surface area contributed by atoms with Crippen LogP contribution in [0.15, 0.2) is 29.2 Å². The van der Waals surface area contributed by atoms with E-state index >= 15 is 0 Å². The largest absolute Gasteiger partial charge is 0.330 e. The molecule has 1 saturated heterocycles. The number of benzene rings is 1. The molecule has 17 heavy (non-hydrogen) atoms. The molecule has 0 radical (unpaired) electrons. The summed E-state index contributed by atoms with van der Waals surface area (Å²) in [4.78, 5) is 2.26. The number of piperidine rings is 1. The Kier molecular flexibility index (Phi) is 3.19. The summed E-state index contributed by atoms with van der Waals surface area (Å²) in [6, 6.07) is 6.76. The van der Waals surface area contributed by atoms with Gasteiger partial charge in [0.2, 0.25) is 0 Å². The maximum absolute atomic E-state index is 11.3. The number of nitrogens with one attached hydrogen (secondary N) is 1. The highest BCUT2D eigenvalue weighted by atomic mass is 32.2. The Labute approximate surface area is 102 Å². The predicted octanol–water partition coefficient (Wildman–Crippen LogP) is 2.06. The number of anilines is 1. The number of nitrogens with zero attached hydrogens (tertiary/aromatic N) is 1. The SMILES string of the molecule is CS(=O)(=O)c1ccc(N2CCCCC2=N)cc1. The second-order valence-electron chi connectivity index (χ2n) is 4.32. The number of amidine groups is 1. The molecule has 1 N–H and O–H groups in total. The van der Waals surface area contributed by atoms with Crippen molar-refractivity contribution in [3.63, 3.8) is 0 Å². The minimum absolute atomic E-state index is 0.324. The van der Waals surface area contributed by atoms with E-state index in [0.29, 0.717) is 10.7 Å². The molecule has 0 atom stereocenters. The van der Waals surface area contributed by atoms with Gasteiger partial charge in [0.15, 0.2) is 9.84 Å². The molecule has 5 heteroatoms. The second-order valence-corrected chi connectivity index (χ2v) is 6.34. The molecular weight excluding hydrogens is 236 g/mol. The average Bonchev–Trinajstić information content (AvgIpc) is 2.29. The number of hydrogen-bond acceptors (Lipinski definition) is 3. The Morgan fingerprint density at radius 3 is 2.35 bits per heavy atom. The van der Waals surface area contributed by atoms with Crippen LogP contribution in [0.1, 0.15) is 19.3 Å². The fourth-order valence-corrected chi connectivity index (χ4v) is 2.62. The Morgan fingerprint density at radius 1 is 1.18 bits per heavy atom. The lowest BCUT2D eigenvalue weighted by molar-refractivity contribution is 0.602. The zero-order chi connectivity index (χ0) is 12.5. The Hall–Kier alpha value is -1.36. The Balaban J connectivity index is 2.26. The molecule has 0 unspecified atom stereocenters. The molecule has 1 aliphatic rings. The van der Waals surface area contributed by atoms with Gasteiger partial charge in [-0.2, -0.15) is 0 Å². The minimum Gasteiger partial charge on any atom is -0.330 e. The van der Waals surface area contributed by atoms with Gasteiger partial charge in [0.05, 0.1) is 4.90 Å². The van der Waals surface area contributed by atoms with Crippen molar-refractivity contribution in [2.24, 2.45) is 0 Å². The van der Waals surface area contributed by atoms with Gasteiger partial charge in [-0.25, -0.2) is 8.42 Å². The quantitative estimate of drug-likeness (QED) is 0.876. The summed E-state index contributed by atoms with van der Waals surface area (Å²) < 4.78 is 22.7. The molecular formula is C12H16N2O2S. The summed E-state index contributed by atoms with van der Waals surface area (Å²) in [7, 11) is -3.14. The molecule has 0 saturated carbocycles. The summed E-state index contributed by atoms with van der Waals surface area (Å²) in [5.41, 5.74) is 0.905. The van der Waals surface area contributed by atoms with Crippen molar-refractivity contribution in [2.75, 3.05) is 17.7 Å². The molecule has 0 spiro atoms. The van der Waals surface area contributed by atoms with Crippen LogP contribution in [0.3, 0.4) is 0 Å². The van der Waals surface area contributed by atoms with Crippen LogP contribution in [-0.2, 0) is 9.84 Å². The summed E-state index contributed by atoms with van der Waals surface area (Å²) >= 11 is 0. The smallest absolute Gasteiger partial charge is 0.175 e. The number of hydrogen-bond donors (Lipinski definition) is 1. The molecule has 1 heterocycles. The van der Waals surface area contributed by atoms with E-state index in [0.717, 1.165) is 31.5 Å². The third-order valence-electron chi connectivity index (χ3n) is 2.95. The van der Waals surface area contributed by atoms with Gasteiger partial charge in [-0.1, -0.05) is 0 Å². The van der Waals surface area contributed by atoms with E-state index in [4.69, 9.17) is 5.41 Å². The molecule has 0 aromatic heterocycles. The third kappa shape index (κ3) is 2.66. The number of rotatable bonds is 2. The average molecular weight is 252 g/mol. The lowest BCUT2D eigenvalue weighted by Crippen LogP contribution is -2.34. The fraction of sp³-hybridized carbons (Fsp3) is 0.417. The molecule has 4 nitrogen and oxygen atoms in total. The van der Waals surface area contributed by atoms with E-state index in [1.807, 2.05) is 4.90 Å². The van der Waals surface area contributed by atoms with Crippen molar-refractivity contribution in [2.45, 2.75) is 24.2 Å². The lowest BCUT2D eigenvalue weighted by atomic mass is 10.1. The first-order valence-electron chi connectivity index (χ1n) is 5.63. The van der Waals surface area contributed by atoms with E-state index in [2.05, 4.69) is 0 Å². The van der Waals surface area contributed by atoms with Crippen molar-refractivity contribution < 1.29 is 8.42 Å². The van der Waals surface area contributed by atoms with Gasteiger partial charge >= 0.3 is 0 Å². The van der Waals surface area contributed by atoms with Crippen LogP contribution in [0.5, 0.6) is 0 Å². The Morgan fingerprint density at radius 2 is 1.82 bits per heavy atom. The maximum atomic E-state index is 11.3. The molecule has 1 aromatic rings. The van der Waals surface area contributed by atoms with E-state index in [-0.39, 0.29) is 0 Å². The summed E-state index contributed by atoms with van der Waals surface area (Å²) in [6.45, 7) is 0.844. The highest BCUT2D eigenvalue weighted by molar-refractivity contribution is 7.90. The topological polar surface area (TPSA) is 61.2 Å². The zero-order valence-corrected chi connectivity index (χ0v) is 10.6. The molecule has 92 valence electrons. The van der Waals surface area contributed by atoms with Crippen molar-refractivity contribution in [3.8, 4) is 0 Å². The van der Waals surface area contributed by atoms with E-state index in [1.165, 1.54) is 6.26 Å². The van der Waals surface area contributed by atoms with Gasteiger partial charge in [-0.05, 0) is 37.1 Å². The molecule has 0 aliphatic carbocycles. The fourth-order valence-electron chi connectivity index (χ4n) is 1.99. The summed E-state index contributed by atoms with van der Waals surface area (Å²) in [5, 5.41) is 7.87. The van der Waals surface area contributed by atoms with Crippen molar-refractivity contribution in [1.29, 1.82) is 5.41 Å². The zero-order valence-electron chi connectivity index (χ0n) is 9.81. The van der Waals surface area contributed by atoms with E-state index in [1.54, 1.807) is 24.3 Å². The van der Waals surface area contributed by atoms with Crippen molar-refractivity contribution >= 4 is 21.4 Å². The summed E-state index contributed by atoms with van der Waals surface area (Å²) in [5.74, 6) is 0.614. The standard InChI is InChI=1S/C12H16N2O2S/c1-17(15,16)11-7-5-10(6-8-11)14-9-3-2-4-12(14)13/h5-8,13H,2-4,9H2,1H3. The second kappa shape index (κ2) is 4.49. The number of sulfone groups is 1. The molecule has 1 fully saturated rings. The first-order chi connectivity index (χ1) is 7.98. The monoisotopic (exact) mass is 252 g/mol. The first-order valence-corrected chi connectivity index (χ1v) is 7.53. The molecule has 1 aromatic carbocycles. The molecule has 1 aliphatic heterocycles. The van der Waals surface area contributed by atoms with Crippen LogP contribution >= 0.6 is 0 Å². The predicted molar refractivity (Wildman–Crippen MR) is 68.5 cm³/mol. The molecule has 0 bridgehead atoms. The summed E-state index contributed by atoms with van der Waals surface area (Å²) in [6.07, 6.45) is 4.14. The van der Waals surface area contributed by atoms with Gasteiger partial charge in [-0.15, -0.1) is 0 Å². The third-order valence-corrected chi connectivity index (χ3v) is 4.08. The van der Waals surface area contributed by atoms with Gasteiger partial charge < -0.3 is 4.90 Å². The van der Waals surface area contributed by atoms with E-state index < -0.39 is 9.84 Å². The van der Waals surface area contributed by atoms with Gasteiger partial charge in [0, 0.05) is 24.9 Å². The van der Waals surface area contributed by atoms with E-state index in [9.17, 15) is 8.42 Å². The van der Waals surface area contributed by atoms with Crippen LogP contribution in [0.2, 0.25) is 0 Å². The van der Waals surface area contributed by atoms with Crippen LogP contribution < -0.4 is 4.90 Å². The molecule has 2 rings (SSSR count). The maximum Gasteiger partial charge on any atom is 0.175 e. The highest BCUT2D eigenvalue weighted by Gasteiger charge is 2.17. The van der Waals surface area contributed by atoms with Crippen molar-refractivity contribution in [3.05, 3.63) is 24.3 Å². The van der Waals surface area contributed by atoms with Crippen LogP contribution in [0.25, 0.3) is 0 Å². The normalized spacial score (nSPS) is 17.2. The minimum atomic E-state index is -3.14. The van der Waals surface area contributed by atoms with Crippen molar-refractivity contribution in [1.82, 2.24) is 0 Å². The highest BCUT2D eigenvalue weighted by Crippen LogP contribution is 2.22. The van der Waals surface area contributed by atoms with Gasteiger partial charge in [-0.3, -0.25) is 5.41 Å².